The molecule has 0 radical (unpaired) electrons. The van der Waals surface area contributed by atoms with E-state index in [0.29, 0.717) is 19.4 Å². The zero-order valence-electron chi connectivity index (χ0n) is 46.4. The summed E-state index contributed by atoms with van der Waals surface area (Å²) in [5.74, 6) is -0.315. The molecule has 0 spiro atoms. The maximum absolute atomic E-state index is 12.7. The van der Waals surface area contributed by atoms with E-state index in [1.165, 1.54) is 263 Å². The van der Waals surface area contributed by atoms with Gasteiger partial charge in [0.1, 0.15) is 19.3 Å². The van der Waals surface area contributed by atoms with Crippen molar-refractivity contribution < 1.29 is 23.8 Å². The monoisotopic (exact) mass is 957 g/mol. The smallest absolute Gasteiger partial charge is 0.305 e. The Morgan fingerprint density at radius 1 is 0.309 bits per heavy atom. The van der Waals surface area contributed by atoms with Crippen molar-refractivity contribution in [3.8, 4) is 0 Å². The number of hydrogen-bond acceptors (Lipinski definition) is 5. The lowest BCUT2D eigenvalue weighted by Gasteiger charge is -2.18. The Labute approximate surface area is 426 Å². The Kier molecular flexibility index (Phi) is 58.3. The van der Waals surface area contributed by atoms with Gasteiger partial charge in [0.2, 0.25) is 0 Å². The lowest BCUT2D eigenvalue weighted by Crippen LogP contribution is -2.29. The Morgan fingerprint density at radius 2 is 0.559 bits per heavy atom. The topological polar surface area (TPSA) is 61.8 Å². The molecule has 0 aromatic heterocycles. The zero-order chi connectivity index (χ0) is 49.2. The number of rotatable bonds is 58. The van der Waals surface area contributed by atoms with Gasteiger partial charge in [0.05, 0.1) is 0 Å². The fraction of sp³-hybridized carbons (Fsp3) is 0.905. The van der Waals surface area contributed by atoms with Crippen LogP contribution < -0.4 is 0 Å². The lowest BCUT2D eigenvalue weighted by atomic mass is 10.0. The minimum atomic E-state index is -0.395. The first-order valence-electron chi connectivity index (χ1n) is 30.9. The second-order valence-corrected chi connectivity index (χ2v) is 21.0. The number of carbonyl (C=O) groups excluding carboxylic acids is 2. The summed E-state index contributed by atoms with van der Waals surface area (Å²) in [4.78, 5) is 25.4. The molecule has 0 aromatic carbocycles. The van der Waals surface area contributed by atoms with Crippen molar-refractivity contribution in [2.45, 2.75) is 348 Å². The molecular weight excluding hydrogens is 837 g/mol. The summed E-state index contributed by atoms with van der Waals surface area (Å²) in [6.07, 6.45) is 72.3. The summed E-state index contributed by atoms with van der Waals surface area (Å²) >= 11 is 0. The molecule has 68 heavy (non-hydrogen) atoms. The molecule has 0 aromatic rings. The van der Waals surface area contributed by atoms with Crippen molar-refractivity contribution in [2.24, 2.45) is 0 Å². The molecule has 0 heterocycles. The largest absolute Gasteiger partial charge is 0.463 e. The van der Waals surface area contributed by atoms with Crippen LogP contribution in [0.2, 0.25) is 0 Å². The third-order valence-electron chi connectivity index (χ3n) is 14.0. The van der Waals surface area contributed by atoms with E-state index in [1.807, 2.05) is 0 Å². The Balaban J connectivity index is 4.20. The van der Waals surface area contributed by atoms with Gasteiger partial charge in [-0.05, 0) is 51.4 Å². The lowest BCUT2D eigenvalue weighted by molar-refractivity contribution is -0.155. The van der Waals surface area contributed by atoms with E-state index in [1.54, 1.807) is 0 Å². The van der Waals surface area contributed by atoms with Crippen LogP contribution >= 0.6 is 0 Å². The van der Waals surface area contributed by atoms with Crippen LogP contribution in [0.25, 0.3) is 0 Å². The molecule has 0 aliphatic carbocycles. The Morgan fingerprint density at radius 3 is 0.882 bits per heavy atom. The van der Waals surface area contributed by atoms with Crippen LogP contribution in [0.4, 0.5) is 0 Å². The number of unbranched alkanes of at least 4 members (excludes halogenated alkanes) is 43. The van der Waals surface area contributed by atoms with Crippen molar-refractivity contribution in [1.29, 1.82) is 0 Å². The van der Waals surface area contributed by atoms with E-state index in [2.05, 4.69) is 45.1 Å². The molecular formula is C63H120O5. The van der Waals surface area contributed by atoms with Crippen LogP contribution in [0.1, 0.15) is 342 Å². The SMILES string of the molecule is CCCCC/C=C\C/C=C\CCCCCCCCCCCC(=O)OC[C@H](COC(=O)CCCCCCCCCCCCCCCCCCC)OCCCCCCCCCCCCCCCCCC. The first-order chi connectivity index (χ1) is 33.6. The molecule has 0 saturated heterocycles. The summed E-state index contributed by atoms with van der Waals surface area (Å²) in [6.45, 7) is 7.78. The summed E-state index contributed by atoms with van der Waals surface area (Å²) in [5.41, 5.74) is 0. The van der Waals surface area contributed by atoms with Crippen molar-refractivity contribution in [3.63, 3.8) is 0 Å². The van der Waals surface area contributed by atoms with Crippen LogP contribution in [-0.4, -0.2) is 37.9 Å². The molecule has 0 aliphatic rings. The molecule has 0 unspecified atom stereocenters. The van der Waals surface area contributed by atoms with Crippen molar-refractivity contribution in [2.75, 3.05) is 19.8 Å². The van der Waals surface area contributed by atoms with E-state index >= 15 is 0 Å². The Hall–Kier alpha value is -1.62. The number of carbonyl (C=O) groups is 2. The molecule has 0 amide bonds. The first-order valence-corrected chi connectivity index (χ1v) is 30.9. The molecule has 0 saturated carbocycles. The van der Waals surface area contributed by atoms with Gasteiger partial charge in [0, 0.05) is 19.4 Å². The van der Waals surface area contributed by atoms with Crippen LogP contribution in [-0.2, 0) is 23.8 Å². The predicted octanol–water partition coefficient (Wildman–Crippen LogP) is 21.1. The van der Waals surface area contributed by atoms with Gasteiger partial charge in [0.25, 0.3) is 0 Å². The van der Waals surface area contributed by atoms with Gasteiger partial charge in [0.15, 0.2) is 0 Å². The predicted molar refractivity (Wildman–Crippen MR) is 298 cm³/mol. The van der Waals surface area contributed by atoms with E-state index in [0.717, 1.165) is 44.9 Å². The third-order valence-corrected chi connectivity index (χ3v) is 14.0. The maximum Gasteiger partial charge on any atom is 0.305 e. The Bertz CT molecular complexity index is 1040. The number of hydrogen-bond donors (Lipinski definition) is 0. The van der Waals surface area contributed by atoms with Crippen LogP contribution in [0.5, 0.6) is 0 Å². The summed E-state index contributed by atoms with van der Waals surface area (Å²) in [6, 6.07) is 0. The molecule has 5 heteroatoms. The highest BCUT2D eigenvalue weighted by molar-refractivity contribution is 5.69. The average Bonchev–Trinajstić information content (AvgIpc) is 3.34. The van der Waals surface area contributed by atoms with Gasteiger partial charge >= 0.3 is 11.9 Å². The highest BCUT2D eigenvalue weighted by Gasteiger charge is 2.16. The normalized spacial score (nSPS) is 12.2. The zero-order valence-corrected chi connectivity index (χ0v) is 46.4. The van der Waals surface area contributed by atoms with Gasteiger partial charge in [-0.2, -0.15) is 0 Å². The van der Waals surface area contributed by atoms with E-state index in [9.17, 15) is 9.59 Å². The minimum Gasteiger partial charge on any atom is -0.463 e. The fourth-order valence-corrected chi connectivity index (χ4v) is 9.34. The molecule has 0 rings (SSSR count). The van der Waals surface area contributed by atoms with Crippen LogP contribution in [0.3, 0.4) is 0 Å². The van der Waals surface area contributed by atoms with Crippen molar-refractivity contribution >= 4 is 11.9 Å². The third kappa shape index (κ3) is 57.0. The molecule has 402 valence electrons. The highest BCUT2D eigenvalue weighted by atomic mass is 16.6. The quantitative estimate of drug-likeness (QED) is 0.0345. The summed E-state index contributed by atoms with van der Waals surface area (Å²) in [5, 5.41) is 0. The standard InChI is InChI=1S/C63H120O5/c1-4-7-10-13-16-19-22-25-28-31-32-34-36-39-42-45-48-51-54-57-63(65)68-60-61(66-58-55-52-49-46-43-40-37-30-27-24-21-18-15-12-9-6-3)59-67-62(64)56-53-50-47-44-41-38-35-33-29-26-23-20-17-14-11-8-5-2/h16,19,25,28,61H,4-15,17-18,20-24,26-27,29-60H2,1-3H3/b19-16-,28-25-/t61-/m0/s1. The second kappa shape index (κ2) is 59.7. The molecule has 0 N–H and O–H groups in total. The highest BCUT2D eigenvalue weighted by Crippen LogP contribution is 2.17. The molecule has 0 fully saturated rings. The summed E-state index contributed by atoms with van der Waals surface area (Å²) in [7, 11) is 0. The van der Waals surface area contributed by atoms with Crippen molar-refractivity contribution in [3.05, 3.63) is 24.3 Å². The first kappa shape index (κ1) is 66.4. The van der Waals surface area contributed by atoms with E-state index in [-0.39, 0.29) is 25.2 Å². The van der Waals surface area contributed by atoms with Gasteiger partial charge < -0.3 is 14.2 Å². The van der Waals surface area contributed by atoms with Gasteiger partial charge in [-0.3, -0.25) is 9.59 Å². The fourth-order valence-electron chi connectivity index (χ4n) is 9.34. The minimum absolute atomic E-state index is 0.155. The molecule has 0 bridgehead atoms. The second-order valence-electron chi connectivity index (χ2n) is 21.0. The van der Waals surface area contributed by atoms with Gasteiger partial charge in [-0.15, -0.1) is 0 Å². The molecule has 1 atom stereocenters. The maximum atomic E-state index is 12.7. The number of allylic oxidation sites excluding steroid dienone is 4. The van der Waals surface area contributed by atoms with Crippen LogP contribution in [0, 0.1) is 0 Å². The number of esters is 2. The van der Waals surface area contributed by atoms with Crippen molar-refractivity contribution in [1.82, 2.24) is 0 Å². The van der Waals surface area contributed by atoms with Crippen LogP contribution in [0.15, 0.2) is 24.3 Å². The molecule has 5 nitrogen and oxygen atoms in total. The van der Waals surface area contributed by atoms with Gasteiger partial charge in [-0.25, -0.2) is 0 Å². The van der Waals surface area contributed by atoms with E-state index in [4.69, 9.17) is 14.2 Å². The van der Waals surface area contributed by atoms with Gasteiger partial charge in [-0.1, -0.05) is 302 Å². The number of ether oxygens (including phenoxy) is 3. The van der Waals surface area contributed by atoms with E-state index < -0.39 is 6.10 Å². The molecule has 0 aliphatic heterocycles. The summed E-state index contributed by atoms with van der Waals surface area (Å²) < 4.78 is 17.6. The average molecular weight is 958 g/mol.